The maximum absolute atomic E-state index is 8.82. The van der Waals surface area contributed by atoms with Crippen molar-refractivity contribution >= 4 is 11.4 Å². The van der Waals surface area contributed by atoms with Gasteiger partial charge in [-0.2, -0.15) is 5.26 Å². The van der Waals surface area contributed by atoms with E-state index in [1.54, 1.807) is 6.07 Å². The molecule has 74 valence electrons. The number of benzene rings is 1. The van der Waals surface area contributed by atoms with Gasteiger partial charge in [0.1, 0.15) is 6.07 Å². The summed E-state index contributed by atoms with van der Waals surface area (Å²) >= 11 is 0. The monoisotopic (exact) mass is 189 g/mol. The lowest BCUT2D eigenvalue weighted by Crippen LogP contribution is -2.23. The topological polar surface area (TPSA) is 53.0 Å². The maximum Gasteiger partial charge on any atom is 0.101 e. The standard InChI is InChI=1S/C11H15N3/c1-3-14(4-2)10-7-5-6-9(8-12)11(10)13/h5-7H,3-4,13H2,1-2H3. The van der Waals surface area contributed by atoms with Crippen molar-refractivity contribution in [3.63, 3.8) is 0 Å². The highest BCUT2D eigenvalue weighted by Gasteiger charge is 2.08. The minimum Gasteiger partial charge on any atom is -0.396 e. The molecule has 0 aromatic heterocycles. The molecule has 0 unspecified atom stereocenters. The number of hydrogen-bond donors (Lipinski definition) is 1. The van der Waals surface area contributed by atoms with Gasteiger partial charge in [0.05, 0.1) is 16.9 Å². The van der Waals surface area contributed by atoms with Crippen LogP contribution in [0.15, 0.2) is 18.2 Å². The Kier molecular flexibility index (Phi) is 3.35. The minimum atomic E-state index is 0.550. The first-order valence-corrected chi connectivity index (χ1v) is 4.78. The van der Waals surface area contributed by atoms with Gasteiger partial charge in [0.25, 0.3) is 0 Å². The number of para-hydroxylation sites is 1. The van der Waals surface area contributed by atoms with Gasteiger partial charge in [-0.25, -0.2) is 0 Å². The van der Waals surface area contributed by atoms with Gasteiger partial charge >= 0.3 is 0 Å². The molecule has 0 spiro atoms. The van der Waals surface area contributed by atoms with Crippen LogP contribution >= 0.6 is 0 Å². The first kappa shape index (κ1) is 10.4. The van der Waals surface area contributed by atoms with Gasteiger partial charge in [0.15, 0.2) is 0 Å². The highest BCUT2D eigenvalue weighted by Crippen LogP contribution is 2.25. The normalized spacial score (nSPS) is 9.50. The molecule has 3 heteroatoms. The summed E-state index contributed by atoms with van der Waals surface area (Å²) in [4.78, 5) is 2.14. The van der Waals surface area contributed by atoms with Crippen LogP contribution in [0.5, 0.6) is 0 Å². The summed E-state index contributed by atoms with van der Waals surface area (Å²) in [6, 6.07) is 7.64. The Morgan fingerprint density at radius 1 is 1.36 bits per heavy atom. The second-order valence-corrected chi connectivity index (χ2v) is 3.02. The van der Waals surface area contributed by atoms with Crippen LogP contribution in [0.1, 0.15) is 19.4 Å². The first-order valence-electron chi connectivity index (χ1n) is 4.78. The second-order valence-electron chi connectivity index (χ2n) is 3.02. The van der Waals surface area contributed by atoms with Gasteiger partial charge in [0.2, 0.25) is 0 Å². The summed E-state index contributed by atoms with van der Waals surface area (Å²) < 4.78 is 0. The Balaban J connectivity index is 3.15. The predicted octanol–water partition coefficient (Wildman–Crippen LogP) is 1.99. The molecule has 1 rings (SSSR count). The van der Waals surface area contributed by atoms with Crippen LogP contribution in [0.25, 0.3) is 0 Å². The van der Waals surface area contributed by atoms with E-state index in [0.29, 0.717) is 11.3 Å². The first-order chi connectivity index (χ1) is 6.74. The number of rotatable bonds is 3. The molecule has 0 heterocycles. The number of hydrogen-bond acceptors (Lipinski definition) is 3. The molecular weight excluding hydrogens is 174 g/mol. The average Bonchev–Trinajstić information content (AvgIpc) is 2.22. The fraction of sp³-hybridized carbons (Fsp3) is 0.364. The van der Waals surface area contributed by atoms with Crippen molar-refractivity contribution in [1.29, 1.82) is 5.26 Å². The number of nitrogens with zero attached hydrogens (tertiary/aromatic N) is 2. The van der Waals surface area contributed by atoms with E-state index >= 15 is 0 Å². The molecule has 0 radical (unpaired) electrons. The van der Waals surface area contributed by atoms with Crippen molar-refractivity contribution in [1.82, 2.24) is 0 Å². The predicted molar refractivity (Wildman–Crippen MR) is 59.1 cm³/mol. The third kappa shape index (κ3) is 1.80. The molecular formula is C11H15N3. The molecule has 0 aliphatic heterocycles. The van der Waals surface area contributed by atoms with Crippen LogP contribution in [0.3, 0.4) is 0 Å². The van der Waals surface area contributed by atoms with Crippen LogP contribution in [-0.2, 0) is 0 Å². The Morgan fingerprint density at radius 3 is 2.50 bits per heavy atom. The zero-order chi connectivity index (χ0) is 10.6. The second kappa shape index (κ2) is 4.52. The smallest absolute Gasteiger partial charge is 0.101 e. The number of nitriles is 1. The van der Waals surface area contributed by atoms with E-state index in [4.69, 9.17) is 11.0 Å². The van der Waals surface area contributed by atoms with Crippen LogP contribution in [0.2, 0.25) is 0 Å². The van der Waals surface area contributed by atoms with E-state index in [-0.39, 0.29) is 0 Å². The Hall–Kier alpha value is -1.69. The van der Waals surface area contributed by atoms with Crippen LogP contribution in [0.4, 0.5) is 11.4 Å². The molecule has 3 nitrogen and oxygen atoms in total. The lowest BCUT2D eigenvalue weighted by Gasteiger charge is -2.22. The van der Waals surface area contributed by atoms with Crippen LogP contribution in [-0.4, -0.2) is 13.1 Å². The molecule has 0 saturated heterocycles. The van der Waals surface area contributed by atoms with Crippen molar-refractivity contribution in [3.8, 4) is 6.07 Å². The SMILES string of the molecule is CCN(CC)c1cccc(C#N)c1N. The highest BCUT2D eigenvalue weighted by atomic mass is 15.1. The van der Waals surface area contributed by atoms with Gasteiger partial charge in [-0.05, 0) is 26.0 Å². The number of nitrogen functional groups attached to an aromatic ring is 1. The van der Waals surface area contributed by atoms with E-state index < -0.39 is 0 Å². The molecule has 14 heavy (non-hydrogen) atoms. The molecule has 0 aliphatic rings. The lowest BCUT2D eigenvalue weighted by atomic mass is 10.1. The molecule has 0 aliphatic carbocycles. The third-order valence-corrected chi connectivity index (χ3v) is 2.31. The van der Waals surface area contributed by atoms with Crippen LogP contribution < -0.4 is 10.6 Å². The molecule has 0 saturated carbocycles. The maximum atomic E-state index is 8.82. The summed E-state index contributed by atoms with van der Waals surface area (Å²) in [5, 5.41) is 8.82. The molecule has 0 amide bonds. The van der Waals surface area contributed by atoms with E-state index in [1.807, 2.05) is 12.1 Å². The quantitative estimate of drug-likeness (QED) is 0.740. The average molecular weight is 189 g/mol. The van der Waals surface area contributed by atoms with E-state index in [2.05, 4.69) is 24.8 Å². The van der Waals surface area contributed by atoms with Gasteiger partial charge in [-0.15, -0.1) is 0 Å². The van der Waals surface area contributed by atoms with Crippen molar-refractivity contribution in [2.45, 2.75) is 13.8 Å². The van der Waals surface area contributed by atoms with Gasteiger partial charge < -0.3 is 10.6 Å². The molecule has 1 aromatic carbocycles. The Labute approximate surface area is 84.7 Å². The largest absolute Gasteiger partial charge is 0.396 e. The van der Waals surface area contributed by atoms with Crippen LogP contribution in [0, 0.1) is 11.3 Å². The molecule has 0 bridgehead atoms. The third-order valence-electron chi connectivity index (χ3n) is 2.31. The number of nitrogens with two attached hydrogens (primary N) is 1. The molecule has 0 atom stereocenters. The summed E-state index contributed by atoms with van der Waals surface area (Å²) in [6.07, 6.45) is 0. The molecule has 1 aromatic rings. The van der Waals surface area contributed by atoms with Crippen molar-refractivity contribution < 1.29 is 0 Å². The van der Waals surface area contributed by atoms with Gasteiger partial charge in [-0.1, -0.05) is 6.07 Å². The zero-order valence-electron chi connectivity index (χ0n) is 8.62. The summed E-state index contributed by atoms with van der Waals surface area (Å²) in [5.41, 5.74) is 7.97. The lowest BCUT2D eigenvalue weighted by molar-refractivity contribution is 0.867. The van der Waals surface area contributed by atoms with Gasteiger partial charge in [0, 0.05) is 13.1 Å². The fourth-order valence-corrected chi connectivity index (χ4v) is 1.49. The van der Waals surface area contributed by atoms with E-state index in [0.717, 1.165) is 18.8 Å². The van der Waals surface area contributed by atoms with Crippen molar-refractivity contribution in [3.05, 3.63) is 23.8 Å². The summed E-state index contributed by atoms with van der Waals surface area (Å²) in [7, 11) is 0. The van der Waals surface area contributed by atoms with Crippen molar-refractivity contribution in [2.75, 3.05) is 23.7 Å². The minimum absolute atomic E-state index is 0.550. The number of anilines is 2. The molecule has 0 fully saturated rings. The van der Waals surface area contributed by atoms with Crippen molar-refractivity contribution in [2.24, 2.45) is 0 Å². The van der Waals surface area contributed by atoms with Gasteiger partial charge in [-0.3, -0.25) is 0 Å². The highest BCUT2D eigenvalue weighted by molar-refractivity contribution is 5.73. The summed E-state index contributed by atoms with van der Waals surface area (Å²) in [6.45, 7) is 5.94. The zero-order valence-corrected chi connectivity index (χ0v) is 8.62. The molecule has 2 N–H and O–H groups in total. The summed E-state index contributed by atoms with van der Waals surface area (Å²) in [5.74, 6) is 0. The fourth-order valence-electron chi connectivity index (χ4n) is 1.49. The van der Waals surface area contributed by atoms with E-state index in [1.165, 1.54) is 0 Å². The Morgan fingerprint density at radius 2 is 2.00 bits per heavy atom. The Bertz CT molecular complexity index is 348. The van der Waals surface area contributed by atoms with E-state index in [9.17, 15) is 0 Å².